The molecule has 3 aromatic carbocycles. The number of nitrogens with one attached hydrogen (secondary N) is 1. The third kappa shape index (κ3) is 5.65. The van der Waals surface area contributed by atoms with Crippen LogP contribution in [0.3, 0.4) is 0 Å². The van der Waals surface area contributed by atoms with Crippen molar-refractivity contribution in [3.05, 3.63) is 116 Å². The van der Waals surface area contributed by atoms with Crippen molar-refractivity contribution < 1.29 is 33.5 Å². The van der Waals surface area contributed by atoms with Crippen LogP contribution in [0.25, 0.3) is 0 Å². The van der Waals surface area contributed by atoms with Crippen LogP contribution in [0.15, 0.2) is 89.3 Å². The minimum atomic E-state index is -1.06. The fourth-order valence-electron chi connectivity index (χ4n) is 5.82. The molecule has 0 saturated heterocycles. The fraction of sp³-hybridized carbons (Fsp3) is 0.250. The molecule has 0 bridgehead atoms. The van der Waals surface area contributed by atoms with Gasteiger partial charge >= 0.3 is 5.97 Å². The van der Waals surface area contributed by atoms with E-state index >= 15 is 0 Å². The quantitative estimate of drug-likeness (QED) is 0.144. The number of allylic oxidation sites excluding steroid dienone is 3. The molecule has 3 aromatic rings. The zero-order chi connectivity index (χ0) is 30.1. The van der Waals surface area contributed by atoms with Gasteiger partial charge in [-0.25, -0.2) is 4.79 Å². The number of ether oxygens (including phenoxy) is 4. The second kappa shape index (κ2) is 11.8. The molecule has 2 atom stereocenters. The van der Waals surface area contributed by atoms with E-state index in [1.807, 2.05) is 30.3 Å². The average Bonchev–Trinajstić information content (AvgIpc) is 3.46. The molecule has 6 rings (SSSR count). The third-order valence-electron chi connectivity index (χ3n) is 7.75. The number of nitro groups is 1. The second-order valence-corrected chi connectivity index (χ2v) is 10.8. The summed E-state index contributed by atoms with van der Waals surface area (Å²) in [5.41, 5.74) is 2.25. The topological polar surface area (TPSA) is 126 Å². The number of nitrogens with zero attached hydrogens (tertiary/aromatic N) is 1. The van der Waals surface area contributed by atoms with Gasteiger partial charge < -0.3 is 24.3 Å². The maximum absolute atomic E-state index is 13.9. The summed E-state index contributed by atoms with van der Waals surface area (Å²) in [5.74, 6) is -0.995. The van der Waals surface area contributed by atoms with Crippen molar-refractivity contribution in [3.8, 4) is 17.2 Å². The van der Waals surface area contributed by atoms with Gasteiger partial charge in [0.15, 0.2) is 17.3 Å². The van der Waals surface area contributed by atoms with Crippen LogP contribution in [-0.4, -0.2) is 36.7 Å². The van der Waals surface area contributed by atoms with Gasteiger partial charge in [0.05, 0.1) is 22.5 Å². The lowest BCUT2D eigenvalue weighted by Crippen LogP contribution is -2.36. The minimum absolute atomic E-state index is 0.0705. The highest BCUT2D eigenvalue weighted by atomic mass is 35.5. The number of carbonyl (C=O) groups is 2. The smallest absolute Gasteiger partial charge is 0.336 e. The standard InChI is InChI=1S/C32H27ClN2O8/c1-18-29(32(37)41-12-11-40-22-5-3-2-4-6-22)30(23-15-27-28(43-17-42-27)16-25(23)35(38)39)31-24(34-18)13-20(14-26(31)36)19-7-9-21(33)10-8-19/h2-10,15-16,20,30,34H,11-14,17H2,1H3/t20-,30-/m0/s1. The number of benzene rings is 3. The van der Waals surface area contributed by atoms with E-state index in [-0.39, 0.29) is 60.7 Å². The first-order valence-electron chi connectivity index (χ1n) is 13.7. The van der Waals surface area contributed by atoms with Crippen LogP contribution < -0.4 is 19.5 Å². The molecule has 11 heteroatoms. The first-order valence-corrected chi connectivity index (χ1v) is 14.1. The van der Waals surface area contributed by atoms with Gasteiger partial charge in [-0.1, -0.05) is 41.9 Å². The number of halogens is 1. The molecule has 2 heterocycles. The Morgan fingerprint density at radius 3 is 2.49 bits per heavy atom. The highest BCUT2D eigenvalue weighted by Crippen LogP contribution is 2.50. The molecule has 0 aromatic heterocycles. The number of carbonyl (C=O) groups excluding carboxylic acids is 2. The van der Waals surface area contributed by atoms with Crippen LogP contribution in [-0.2, 0) is 14.3 Å². The molecule has 43 heavy (non-hydrogen) atoms. The lowest BCUT2D eigenvalue weighted by molar-refractivity contribution is -0.385. The number of rotatable bonds is 8. The molecule has 3 aliphatic rings. The van der Waals surface area contributed by atoms with Crippen molar-refractivity contribution in [2.24, 2.45) is 0 Å². The molecular formula is C32H27ClN2O8. The predicted octanol–water partition coefficient (Wildman–Crippen LogP) is 5.96. The Bertz CT molecular complexity index is 1670. The summed E-state index contributed by atoms with van der Waals surface area (Å²) in [4.78, 5) is 39.4. The highest BCUT2D eigenvalue weighted by molar-refractivity contribution is 6.30. The van der Waals surface area contributed by atoms with E-state index in [9.17, 15) is 19.7 Å². The molecular weight excluding hydrogens is 576 g/mol. The Hall–Kier alpha value is -4.83. The van der Waals surface area contributed by atoms with E-state index in [1.165, 1.54) is 12.1 Å². The van der Waals surface area contributed by atoms with Gasteiger partial charge in [-0.15, -0.1) is 0 Å². The lowest BCUT2D eigenvalue weighted by atomic mass is 9.71. The molecule has 0 fully saturated rings. The molecule has 0 spiro atoms. The number of hydrogen-bond acceptors (Lipinski definition) is 9. The van der Waals surface area contributed by atoms with Gasteiger partial charge in [0.2, 0.25) is 6.79 Å². The van der Waals surface area contributed by atoms with Crippen LogP contribution >= 0.6 is 11.6 Å². The number of Topliss-reactive ketones (excluding diaryl/α,β-unsaturated/α-hetero) is 1. The molecule has 0 saturated carbocycles. The van der Waals surface area contributed by atoms with Gasteiger partial charge in [-0.05, 0) is 55.2 Å². The second-order valence-electron chi connectivity index (χ2n) is 10.4. The Morgan fingerprint density at radius 2 is 1.77 bits per heavy atom. The number of fused-ring (bicyclic) bond motifs is 1. The summed E-state index contributed by atoms with van der Waals surface area (Å²) >= 11 is 6.08. The molecule has 0 unspecified atom stereocenters. The maximum atomic E-state index is 13.9. The molecule has 220 valence electrons. The Morgan fingerprint density at radius 1 is 1.05 bits per heavy atom. The van der Waals surface area contributed by atoms with E-state index < -0.39 is 16.8 Å². The first kappa shape index (κ1) is 28.3. The summed E-state index contributed by atoms with van der Waals surface area (Å²) in [6.07, 6.45) is 0.616. The zero-order valence-corrected chi connectivity index (χ0v) is 23.9. The van der Waals surface area contributed by atoms with Crippen LogP contribution in [0, 0.1) is 10.1 Å². The van der Waals surface area contributed by atoms with Gasteiger partial charge in [-0.3, -0.25) is 14.9 Å². The van der Waals surface area contributed by atoms with Gasteiger partial charge in [0, 0.05) is 34.0 Å². The molecule has 10 nitrogen and oxygen atoms in total. The molecule has 1 N–H and O–H groups in total. The molecule has 2 aliphatic heterocycles. The van der Waals surface area contributed by atoms with E-state index in [2.05, 4.69) is 5.32 Å². The normalized spacial score (nSPS) is 19.1. The molecule has 0 amide bonds. The number of nitro benzene ring substituents is 1. The summed E-state index contributed by atoms with van der Waals surface area (Å²) in [6.45, 7) is 1.63. The van der Waals surface area contributed by atoms with E-state index in [1.54, 1.807) is 31.2 Å². The summed E-state index contributed by atoms with van der Waals surface area (Å²) in [6, 6.07) is 19.2. The lowest BCUT2D eigenvalue weighted by Gasteiger charge is -2.36. The van der Waals surface area contributed by atoms with E-state index in [4.69, 9.17) is 30.5 Å². The minimum Gasteiger partial charge on any atom is -0.490 e. The highest BCUT2D eigenvalue weighted by Gasteiger charge is 2.44. The Kier molecular flexibility index (Phi) is 7.77. The summed E-state index contributed by atoms with van der Waals surface area (Å²) in [5, 5.41) is 16.2. The average molecular weight is 603 g/mol. The maximum Gasteiger partial charge on any atom is 0.336 e. The zero-order valence-electron chi connectivity index (χ0n) is 23.1. The number of hydrogen-bond donors (Lipinski definition) is 1. The SMILES string of the molecule is CC1=C(C(=O)OCCOc2ccccc2)[C@H](c2cc3c(cc2[N+](=O)[O-])OCO3)C2=C(C[C@H](c3ccc(Cl)cc3)CC2=O)N1. The van der Waals surface area contributed by atoms with E-state index in [0.29, 0.717) is 39.9 Å². The number of ketones is 1. The van der Waals surface area contributed by atoms with Crippen molar-refractivity contribution in [1.29, 1.82) is 0 Å². The third-order valence-corrected chi connectivity index (χ3v) is 8.00. The Labute approximate surface area is 252 Å². The first-order chi connectivity index (χ1) is 20.8. The van der Waals surface area contributed by atoms with Gasteiger partial charge in [0.1, 0.15) is 19.0 Å². The van der Waals surface area contributed by atoms with Crippen LogP contribution in [0.4, 0.5) is 5.69 Å². The van der Waals surface area contributed by atoms with Gasteiger partial charge in [0.25, 0.3) is 5.69 Å². The fourth-order valence-corrected chi connectivity index (χ4v) is 5.94. The monoisotopic (exact) mass is 602 g/mol. The number of dihydropyridines is 1. The largest absolute Gasteiger partial charge is 0.490 e. The van der Waals surface area contributed by atoms with Crippen molar-refractivity contribution in [1.82, 2.24) is 5.32 Å². The van der Waals surface area contributed by atoms with Crippen molar-refractivity contribution in [2.75, 3.05) is 20.0 Å². The number of esters is 1. The Balaban J connectivity index is 1.37. The van der Waals surface area contributed by atoms with Crippen molar-refractivity contribution in [2.45, 2.75) is 31.6 Å². The summed E-state index contributed by atoms with van der Waals surface area (Å²) < 4.78 is 22.2. The van der Waals surface area contributed by atoms with Gasteiger partial charge in [-0.2, -0.15) is 0 Å². The van der Waals surface area contributed by atoms with Crippen LogP contribution in [0.5, 0.6) is 17.2 Å². The molecule has 1 aliphatic carbocycles. The van der Waals surface area contributed by atoms with Crippen LogP contribution in [0.1, 0.15) is 42.7 Å². The predicted molar refractivity (Wildman–Crippen MR) is 156 cm³/mol. The summed E-state index contributed by atoms with van der Waals surface area (Å²) in [7, 11) is 0. The van der Waals surface area contributed by atoms with E-state index in [0.717, 1.165) is 5.56 Å². The van der Waals surface area contributed by atoms with Crippen molar-refractivity contribution >= 4 is 29.0 Å². The van der Waals surface area contributed by atoms with Crippen LogP contribution in [0.2, 0.25) is 5.02 Å². The number of para-hydroxylation sites is 1. The van der Waals surface area contributed by atoms with Crippen molar-refractivity contribution in [3.63, 3.8) is 0 Å². The molecule has 0 radical (unpaired) electrons.